The number of nitrogens with one attached hydrogen (secondary N) is 1. The number of hydrogen-bond acceptors (Lipinski definition) is 6. The van der Waals surface area contributed by atoms with Crippen LogP contribution in [0.25, 0.3) is 5.65 Å². The molecule has 4 rings (SSSR count). The number of carbonyl (C=O) groups excluding carboxylic acids is 2. The zero-order chi connectivity index (χ0) is 20.2. The van der Waals surface area contributed by atoms with Gasteiger partial charge in [0.2, 0.25) is 11.8 Å². The van der Waals surface area contributed by atoms with Crippen LogP contribution in [0.2, 0.25) is 0 Å². The number of pyridine rings is 1. The number of fused-ring (bicyclic) bond motifs is 1. The van der Waals surface area contributed by atoms with E-state index in [9.17, 15) is 9.59 Å². The van der Waals surface area contributed by atoms with Crippen LogP contribution < -0.4 is 5.32 Å². The van der Waals surface area contributed by atoms with E-state index in [0.29, 0.717) is 24.7 Å². The molecule has 8 nitrogen and oxygen atoms in total. The van der Waals surface area contributed by atoms with Crippen LogP contribution in [0.5, 0.6) is 0 Å². The van der Waals surface area contributed by atoms with Gasteiger partial charge in [-0.15, -0.1) is 10.2 Å². The maximum Gasteiger partial charge on any atom is 0.226 e. The number of likely N-dealkylation sites (tertiary alicyclic amines) is 1. The van der Waals surface area contributed by atoms with Crippen LogP contribution >= 0.6 is 11.8 Å². The molecule has 152 valence electrons. The minimum Gasteiger partial charge on any atom is -0.467 e. The number of furan rings is 1. The van der Waals surface area contributed by atoms with E-state index >= 15 is 0 Å². The second-order valence-electron chi connectivity index (χ2n) is 7.08. The summed E-state index contributed by atoms with van der Waals surface area (Å²) in [4.78, 5) is 27.0. The van der Waals surface area contributed by atoms with Gasteiger partial charge in [-0.1, -0.05) is 6.07 Å². The van der Waals surface area contributed by atoms with E-state index in [1.54, 1.807) is 29.0 Å². The molecule has 3 aromatic heterocycles. The fraction of sp³-hybridized carbons (Fsp3) is 0.400. The summed E-state index contributed by atoms with van der Waals surface area (Å²) in [6.07, 6.45) is 6.46. The van der Waals surface area contributed by atoms with Gasteiger partial charge in [0, 0.05) is 19.2 Å². The highest BCUT2D eigenvalue weighted by Gasteiger charge is 2.36. The number of carbonyl (C=O) groups is 2. The Morgan fingerprint density at radius 3 is 3.03 bits per heavy atom. The lowest BCUT2D eigenvalue weighted by atomic mass is 10.1. The Kier molecular flexibility index (Phi) is 5.84. The normalized spacial score (nSPS) is 17.8. The lowest BCUT2D eigenvalue weighted by molar-refractivity contribution is -0.129. The summed E-state index contributed by atoms with van der Waals surface area (Å²) in [5.41, 5.74) is 0.742. The van der Waals surface area contributed by atoms with Gasteiger partial charge >= 0.3 is 0 Å². The number of hydrogen-bond donors (Lipinski definition) is 1. The molecule has 0 radical (unpaired) electrons. The van der Waals surface area contributed by atoms with Gasteiger partial charge in [-0.25, -0.2) is 0 Å². The van der Waals surface area contributed by atoms with Crippen molar-refractivity contribution in [3.63, 3.8) is 0 Å². The van der Waals surface area contributed by atoms with Gasteiger partial charge in [0.15, 0.2) is 11.5 Å². The summed E-state index contributed by atoms with van der Waals surface area (Å²) in [5.74, 6) is 1.76. The third-order valence-corrected chi connectivity index (χ3v) is 5.73. The fourth-order valence-corrected chi connectivity index (χ4v) is 4.05. The van der Waals surface area contributed by atoms with Gasteiger partial charge in [0.05, 0.1) is 24.8 Å². The highest BCUT2D eigenvalue weighted by molar-refractivity contribution is 7.98. The van der Waals surface area contributed by atoms with Crippen molar-refractivity contribution < 1.29 is 14.0 Å². The van der Waals surface area contributed by atoms with Crippen molar-refractivity contribution >= 4 is 29.2 Å². The van der Waals surface area contributed by atoms with Crippen molar-refractivity contribution in [3.8, 4) is 0 Å². The van der Waals surface area contributed by atoms with Crippen LogP contribution in [0, 0.1) is 5.92 Å². The standard InChI is InChI=1S/C20H23N5O3S/c1-29-10-7-16(19-23-22-17-6-2-3-8-25(17)19)21-20(27)14-11-18(26)24(12-14)13-15-5-4-9-28-15/h2-6,8-9,14,16H,7,10-13H2,1H3,(H,21,27). The van der Waals surface area contributed by atoms with Crippen molar-refractivity contribution in [2.75, 3.05) is 18.6 Å². The molecule has 1 aliphatic heterocycles. The summed E-state index contributed by atoms with van der Waals surface area (Å²) in [5, 5.41) is 11.6. The van der Waals surface area contributed by atoms with E-state index < -0.39 is 0 Å². The average molecular weight is 414 g/mol. The molecule has 3 aromatic rings. The minimum atomic E-state index is -0.381. The zero-order valence-corrected chi connectivity index (χ0v) is 17.0. The molecule has 1 N–H and O–H groups in total. The molecular formula is C20H23N5O3S. The first-order chi connectivity index (χ1) is 14.2. The number of nitrogens with zero attached hydrogens (tertiary/aromatic N) is 4. The lowest BCUT2D eigenvalue weighted by Crippen LogP contribution is -2.36. The van der Waals surface area contributed by atoms with E-state index in [1.807, 2.05) is 41.1 Å². The first kappa shape index (κ1) is 19.5. The molecule has 0 saturated carbocycles. The average Bonchev–Trinajstić information content (AvgIpc) is 3.46. The molecule has 2 amide bonds. The Hall–Kier alpha value is -2.81. The van der Waals surface area contributed by atoms with Crippen molar-refractivity contribution in [2.45, 2.75) is 25.4 Å². The van der Waals surface area contributed by atoms with Gasteiger partial charge < -0.3 is 14.6 Å². The molecule has 0 aliphatic carbocycles. The van der Waals surface area contributed by atoms with Crippen LogP contribution in [0.15, 0.2) is 47.2 Å². The molecule has 0 bridgehead atoms. The van der Waals surface area contributed by atoms with Gasteiger partial charge in [-0.2, -0.15) is 11.8 Å². The molecule has 1 aliphatic rings. The van der Waals surface area contributed by atoms with E-state index in [1.165, 1.54) is 0 Å². The molecule has 1 saturated heterocycles. The molecule has 2 atom stereocenters. The van der Waals surface area contributed by atoms with Gasteiger partial charge in [0.1, 0.15) is 5.76 Å². The summed E-state index contributed by atoms with van der Waals surface area (Å²) in [6, 6.07) is 9.05. The van der Waals surface area contributed by atoms with Crippen molar-refractivity contribution in [2.24, 2.45) is 5.92 Å². The molecule has 0 spiro atoms. The van der Waals surface area contributed by atoms with Crippen LogP contribution in [0.1, 0.15) is 30.5 Å². The first-order valence-corrected chi connectivity index (χ1v) is 10.9. The van der Waals surface area contributed by atoms with E-state index in [4.69, 9.17) is 4.42 Å². The van der Waals surface area contributed by atoms with E-state index in [0.717, 1.165) is 17.8 Å². The first-order valence-electron chi connectivity index (χ1n) is 9.55. The molecule has 29 heavy (non-hydrogen) atoms. The Bertz CT molecular complexity index is 987. The molecule has 0 aromatic carbocycles. The Morgan fingerprint density at radius 1 is 1.34 bits per heavy atom. The monoisotopic (exact) mass is 413 g/mol. The highest BCUT2D eigenvalue weighted by atomic mass is 32.2. The molecule has 1 fully saturated rings. The third-order valence-electron chi connectivity index (χ3n) is 5.09. The van der Waals surface area contributed by atoms with Crippen LogP contribution in [-0.2, 0) is 16.1 Å². The minimum absolute atomic E-state index is 0.0323. The SMILES string of the molecule is CSCCC(NC(=O)C1CC(=O)N(Cc2ccco2)C1)c1nnc2ccccn12. The lowest BCUT2D eigenvalue weighted by Gasteiger charge is -2.20. The third kappa shape index (κ3) is 4.29. The van der Waals surface area contributed by atoms with E-state index in [2.05, 4.69) is 15.5 Å². The number of thioether (sulfide) groups is 1. The van der Waals surface area contributed by atoms with Crippen molar-refractivity contribution in [1.29, 1.82) is 0 Å². The van der Waals surface area contributed by atoms with Crippen LogP contribution in [-0.4, -0.2) is 49.9 Å². The fourth-order valence-electron chi connectivity index (χ4n) is 3.58. The Labute approximate surface area is 172 Å². The molecule has 9 heteroatoms. The molecule has 2 unspecified atom stereocenters. The Balaban J connectivity index is 1.46. The zero-order valence-electron chi connectivity index (χ0n) is 16.2. The van der Waals surface area contributed by atoms with Gasteiger partial charge in [-0.05, 0) is 42.7 Å². The number of aromatic nitrogens is 3. The number of amides is 2. The predicted molar refractivity (Wildman–Crippen MR) is 109 cm³/mol. The van der Waals surface area contributed by atoms with Gasteiger partial charge in [0.25, 0.3) is 0 Å². The maximum absolute atomic E-state index is 13.0. The second kappa shape index (κ2) is 8.69. The Morgan fingerprint density at radius 2 is 2.24 bits per heavy atom. The van der Waals surface area contributed by atoms with Crippen molar-refractivity contribution in [1.82, 2.24) is 24.8 Å². The summed E-state index contributed by atoms with van der Waals surface area (Å²) >= 11 is 1.71. The summed E-state index contributed by atoms with van der Waals surface area (Å²) in [7, 11) is 0. The maximum atomic E-state index is 13.0. The largest absolute Gasteiger partial charge is 0.467 e. The molecular weight excluding hydrogens is 390 g/mol. The summed E-state index contributed by atoms with van der Waals surface area (Å²) < 4.78 is 7.22. The molecule has 4 heterocycles. The predicted octanol–water partition coefficient (Wildman–Crippen LogP) is 2.28. The summed E-state index contributed by atoms with van der Waals surface area (Å²) in [6.45, 7) is 0.779. The van der Waals surface area contributed by atoms with Crippen LogP contribution in [0.4, 0.5) is 0 Å². The quantitative estimate of drug-likeness (QED) is 0.609. The smallest absolute Gasteiger partial charge is 0.226 e. The topological polar surface area (TPSA) is 92.7 Å². The highest BCUT2D eigenvalue weighted by Crippen LogP contribution is 2.23. The second-order valence-corrected chi connectivity index (χ2v) is 8.07. The van der Waals surface area contributed by atoms with Gasteiger partial charge in [-0.3, -0.25) is 14.0 Å². The number of rotatable bonds is 8. The van der Waals surface area contributed by atoms with E-state index in [-0.39, 0.29) is 30.2 Å². The van der Waals surface area contributed by atoms with Crippen LogP contribution in [0.3, 0.4) is 0 Å². The van der Waals surface area contributed by atoms with Crippen molar-refractivity contribution in [3.05, 3.63) is 54.4 Å².